The largest absolute Gasteiger partial charge is 0.382 e. The van der Waals surface area contributed by atoms with Crippen molar-refractivity contribution < 1.29 is 8.78 Å². The van der Waals surface area contributed by atoms with Gasteiger partial charge < -0.3 is 5.32 Å². The third kappa shape index (κ3) is 4.80. The fraction of sp³-hybridized carbons (Fsp3) is 0.588. The first kappa shape index (κ1) is 15.9. The van der Waals surface area contributed by atoms with Crippen molar-refractivity contribution in [2.75, 3.05) is 0 Å². The maximum absolute atomic E-state index is 12.7. The van der Waals surface area contributed by atoms with Gasteiger partial charge in [-0.3, -0.25) is 4.98 Å². The number of aryl methyl sites for hydroxylation is 1. The van der Waals surface area contributed by atoms with E-state index in [0.29, 0.717) is 11.7 Å². The predicted molar refractivity (Wildman–Crippen MR) is 82.3 cm³/mol. The van der Waals surface area contributed by atoms with Crippen molar-refractivity contribution in [3.8, 4) is 0 Å². The van der Waals surface area contributed by atoms with E-state index in [4.69, 9.17) is 0 Å². The lowest BCUT2D eigenvalue weighted by Gasteiger charge is -2.21. The van der Waals surface area contributed by atoms with Crippen LogP contribution >= 0.6 is 0 Å². The first-order chi connectivity index (χ1) is 10.1. The minimum absolute atomic E-state index is 0.318. The molecule has 0 atom stereocenters. The average Bonchev–Trinajstić information content (AvgIpc) is 2.69. The highest BCUT2D eigenvalue weighted by Gasteiger charge is 2.17. The van der Waals surface area contributed by atoms with Crippen LogP contribution in [0.4, 0.5) is 8.78 Å². The Hall–Kier alpha value is -1.45. The van der Waals surface area contributed by atoms with Gasteiger partial charge in [-0.05, 0) is 31.4 Å². The molecule has 0 bridgehead atoms. The van der Waals surface area contributed by atoms with Gasteiger partial charge in [0.1, 0.15) is 0 Å². The molecule has 1 aromatic heterocycles. The van der Waals surface area contributed by atoms with Crippen LogP contribution in [0.25, 0.3) is 5.70 Å². The van der Waals surface area contributed by atoms with Crippen LogP contribution in [0, 0.1) is 6.92 Å². The second kappa shape index (κ2) is 7.53. The zero-order valence-corrected chi connectivity index (χ0v) is 12.7. The molecule has 2 rings (SSSR count). The Morgan fingerprint density at radius 2 is 2.00 bits per heavy atom. The van der Waals surface area contributed by atoms with Crippen molar-refractivity contribution in [3.63, 3.8) is 0 Å². The zero-order chi connectivity index (χ0) is 15.2. The SMILES string of the molecule is C=C(NC1CCCCCC1)c1cc(C)cnc1CC(F)F. The van der Waals surface area contributed by atoms with E-state index in [9.17, 15) is 8.78 Å². The summed E-state index contributed by atoms with van der Waals surface area (Å²) < 4.78 is 25.4. The maximum atomic E-state index is 12.7. The molecule has 0 unspecified atom stereocenters. The summed E-state index contributed by atoms with van der Waals surface area (Å²) in [6.07, 6.45) is 6.21. The third-order valence-electron chi connectivity index (χ3n) is 4.01. The minimum Gasteiger partial charge on any atom is -0.382 e. The van der Waals surface area contributed by atoms with Gasteiger partial charge in [-0.25, -0.2) is 8.78 Å². The van der Waals surface area contributed by atoms with Crippen LogP contribution in [0.2, 0.25) is 0 Å². The molecule has 0 aromatic carbocycles. The Balaban J connectivity index is 2.11. The predicted octanol–water partition coefficient (Wildman–Crippen LogP) is 4.48. The van der Waals surface area contributed by atoms with Gasteiger partial charge in [-0.1, -0.05) is 32.3 Å². The molecule has 0 aliphatic heterocycles. The lowest BCUT2D eigenvalue weighted by molar-refractivity contribution is 0.147. The summed E-state index contributed by atoms with van der Waals surface area (Å²) in [6.45, 7) is 5.98. The second-order valence-electron chi connectivity index (χ2n) is 5.91. The van der Waals surface area contributed by atoms with Crippen LogP contribution < -0.4 is 5.32 Å². The molecule has 0 amide bonds. The number of alkyl halides is 2. The van der Waals surface area contributed by atoms with Gasteiger partial charge in [-0.15, -0.1) is 0 Å². The molecular weight excluding hydrogens is 270 g/mol. The van der Waals surface area contributed by atoms with Crippen LogP contribution in [0.15, 0.2) is 18.8 Å². The van der Waals surface area contributed by atoms with Crippen LogP contribution in [0.3, 0.4) is 0 Å². The van der Waals surface area contributed by atoms with E-state index in [0.717, 1.165) is 29.7 Å². The number of rotatable bonds is 5. The van der Waals surface area contributed by atoms with Crippen molar-refractivity contribution in [1.29, 1.82) is 0 Å². The smallest absolute Gasteiger partial charge is 0.244 e. The first-order valence-electron chi connectivity index (χ1n) is 7.75. The van der Waals surface area contributed by atoms with E-state index in [2.05, 4.69) is 16.9 Å². The van der Waals surface area contributed by atoms with Gasteiger partial charge in [0.15, 0.2) is 0 Å². The Kier molecular flexibility index (Phi) is 5.71. The monoisotopic (exact) mass is 294 g/mol. The van der Waals surface area contributed by atoms with Gasteiger partial charge in [0.05, 0.1) is 12.1 Å². The fourth-order valence-corrected chi connectivity index (χ4v) is 2.92. The van der Waals surface area contributed by atoms with Crippen LogP contribution in [-0.2, 0) is 6.42 Å². The fourth-order valence-electron chi connectivity index (χ4n) is 2.92. The highest BCUT2D eigenvalue weighted by atomic mass is 19.3. The number of halogens is 2. The summed E-state index contributed by atoms with van der Waals surface area (Å²) in [5.41, 5.74) is 2.86. The van der Waals surface area contributed by atoms with Gasteiger partial charge in [-0.2, -0.15) is 0 Å². The molecule has 0 radical (unpaired) electrons. The summed E-state index contributed by atoms with van der Waals surface area (Å²) in [7, 11) is 0. The van der Waals surface area contributed by atoms with Crippen molar-refractivity contribution >= 4 is 5.70 Å². The number of pyridine rings is 1. The number of hydrogen-bond acceptors (Lipinski definition) is 2. The molecule has 4 heteroatoms. The van der Waals surface area contributed by atoms with Crippen molar-refractivity contribution in [1.82, 2.24) is 10.3 Å². The Labute approximate surface area is 125 Å². The molecule has 1 aliphatic rings. The van der Waals surface area contributed by atoms with Crippen LogP contribution in [0.5, 0.6) is 0 Å². The third-order valence-corrected chi connectivity index (χ3v) is 4.01. The molecule has 1 heterocycles. The molecule has 1 saturated carbocycles. The maximum Gasteiger partial charge on any atom is 0.244 e. The van der Waals surface area contributed by atoms with Gasteiger partial charge >= 0.3 is 0 Å². The first-order valence-corrected chi connectivity index (χ1v) is 7.75. The minimum atomic E-state index is -2.38. The van der Waals surface area contributed by atoms with Gasteiger partial charge in [0.2, 0.25) is 6.43 Å². The quantitative estimate of drug-likeness (QED) is 0.810. The normalized spacial score (nSPS) is 16.8. The van der Waals surface area contributed by atoms with E-state index in [1.165, 1.54) is 25.7 Å². The van der Waals surface area contributed by atoms with Crippen molar-refractivity contribution in [2.45, 2.75) is 64.3 Å². The number of aromatic nitrogens is 1. The molecule has 1 fully saturated rings. The summed E-state index contributed by atoms with van der Waals surface area (Å²) in [5, 5.41) is 3.44. The van der Waals surface area contributed by atoms with E-state index < -0.39 is 6.43 Å². The van der Waals surface area contributed by atoms with Gasteiger partial charge in [0.25, 0.3) is 0 Å². The highest BCUT2D eigenvalue weighted by molar-refractivity contribution is 5.64. The average molecular weight is 294 g/mol. The van der Waals surface area contributed by atoms with Crippen LogP contribution in [0.1, 0.15) is 55.3 Å². The lowest BCUT2D eigenvalue weighted by atomic mass is 10.0. The zero-order valence-electron chi connectivity index (χ0n) is 12.7. The van der Waals surface area contributed by atoms with E-state index in [1.54, 1.807) is 6.20 Å². The van der Waals surface area contributed by atoms with E-state index in [-0.39, 0.29) is 6.42 Å². The van der Waals surface area contributed by atoms with E-state index >= 15 is 0 Å². The summed E-state index contributed by atoms with van der Waals surface area (Å²) in [6, 6.07) is 2.30. The molecule has 116 valence electrons. The second-order valence-corrected chi connectivity index (χ2v) is 5.91. The Bertz CT molecular complexity index is 478. The topological polar surface area (TPSA) is 24.9 Å². The van der Waals surface area contributed by atoms with Crippen LogP contribution in [-0.4, -0.2) is 17.5 Å². The lowest BCUT2D eigenvalue weighted by Crippen LogP contribution is -2.27. The molecule has 1 aliphatic carbocycles. The van der Waals surface area contributed by atoms with Gasteiger partial charge in [0, 0.05) is 23.5 Å². The summed E-state index contributed by atoms with van der Waals surface area (Å²) in [4.78, 5) is 4.17. The molecule has 1 N–H and O–H groups in total. The Morgan fingerprint density at radius 3 is 2.62 bits per heavy atom. The molecule has 0 saturated heterocycles. The standard InChI is InChI=1S/C17H24F2N2/c1-12-9-15(16(20-11-12)10-17(18)19)13(2)21-14-7-5-3-4-6-8-14/h9,11,14,17,21H,2-8,10H2,1H3. The molecule has 21 heavy (non-hydrogen) atoms. The van der Waals surface area contributed by atoms with Crippen molar-refractivity contribution in [3.05, 3.63) is 35.7 Å². The number of nitrogens with one attached hydrogen (secondary N) is 1. The number of hydrogen-bond donors (Lipinski definition) is 1. The van der Waals surface area contributed by atoms with Crippen molar-refractivity contribution in [2.24, 2.45) is 0 Å². The van der Waals surface area contributed by atoms with E-state index in [1.807, 2.05) is 13.0 Å². The molecule has 0 spiro atoms. The Morgan fingerprint density at radius 1 is 1.33 bits per heavy atom. The highest BCUT2D eigenvalue weighted by Crippen LogP contribution is 2.23. The summed E-state index contributed by atoms with van der Waals surface area (Å²) >= 11 is 0. The molecule has 2 nitrogen and oxygen atoms in total. The summed E-state index contributed by atoms with van der Waals surface area (Å²) in [5.74, 6) is 0. The number of nitrogens with zero attached hydrogens (tertiary/aromatic N) is 1. The molecule has 1 aromatic rings. The molecular formula is C17H24F2N2.